The first kappa shape index (κ1) is 12.9. The summed E-state index contributed by atoms with van der Waals surface area (Å²) in [5, 5.41) is 18.7. The number of aliphatic hydroxyl groups excluding tert-OH is 2. The fraction of sp³-hybridized carbons (Fsp3) is 1.00. The highest BCUT2D eigenvalue weighted by molar-refractivity contribution is 4.80. The van der Waals surface area contributed by atoms with Crippen LogP contribution >= 0.6 is 0 Å². The molecule has 0 aromatic heterocycles. The van der Waals surface area contributed by atoms with Crippen LogP contribution in [0, 0.1) is 0 Å². The maximum atomic E-state index is 9.50. The summed E-state index contributed by atoms with van der Waals surface area (Å²) in [4.78, 5) is 2.34. The third-order valence-corrected chi connectivity index (χ3v) is 3.32. The number of hydrogen-bond acceptors (Lipinski definition) is 3. The van der Waals surface area contributed by atoms with Gasteiger partial charge in [0.2, 0.25) is 0 Å². The fourth-order valence-electron chi connectivity index (χ4n) is 2.30. The van der Waals surface area contributed by atoms with Gasteiger partial charge in [-0.05, 0) is 25.8 Å². The van der Waals surface area contributed by atoms with Crippen LogP contribution in [0.25, 0.3) is 0 Å². The third-order valence-electron chi connectivity index (χ3n) is 3.32. The summed E-state index contributed by atoms with van der Waals surface area (Å²) in [6.45, 7) is 4.43. The van der Waals surface area contributed by atoms with Crippen molar-refractivity contribution in [2.75, 3.05) is 19.7 Å². The van der Waals surface area contributed by atoms with E-state index in [-0.39, 0.29) is 18.8 Å². The zero-order valence-corrected chi connectivity index (χ0v) is 9.86. The Balaban J connectivity index is 2.20. The maximum Gasteiger partial charge on any atom is 0.0587 e. The summed E-state index contributed by atoms with van der Waals surface area (Å²) in [5.41, 5.74) is 0. The van der Waals surface area contributed by atoms with Crippen molar-refractivity contribution in [2.24, 2.45) is 0 Å². The fourth-order valence-corrected chi connectivity index (χ4v) is 2.30. The lowest BCUT2D eigenvalue weighted by Gasteiger charge is -2.36. The zero-order chi connectivity index (χ0) is 11.1. The Hall–Kier alpha value is -0.120. The Morgan fingerprint density at radius 3 is 2.73 bits per heavy atom. The lowest BCUT2D eigenvalue weighted by molar-refractivity contribution is 0.0163. The molecule has 1 aliphatic heterocycles. The molecule has 1 saturated heterocycles. The van der Waals surface area contributed by atoms with Crippen LogP contribution < -0.4 is 0 Å². The van der Waals surface area contributed by atoms with Gasteiger partial charge in [0.05, 0.1) is 12.7 Å². The maximum absolute atomic E-state index is 9.50. The minimum absolute atomic E-state index is 0.185. The molecular weight excluding hydrogens is 190 g/mol. The zero-order valence-electron chi connectivity index (χ0n) is 9.86. The highest BCUT2D eigenvalue weighted by atomic mass is 16.3. The first-order valence-corrected chi connectivity index (χ1v) is 6.31. The molecule has 0 radical (unpaired) electrons. The van der Waals surface area contributed by atoms with E-state index >= 15 is 0 Å². The molecule has 1 rings (SSSR count). The van der Waals surface area contributed by atoms with E-state index in [0.717, 1.165) is 25.9 Å². The number of nitrogens with zero attached hydrogens (tertiary/aromatic N) is 1. The van der Waals surface area contributed by atoms with Crippen molar-refractivity contribution < 1.29 is 10.2 Å². The largest absolute Gasteiger partial charge is 0.395 e. The van der Waals surface area contributed by atoms with Crippen LogP contribution in [-0.2, 0) is 0 Å². The van der Waals surface area contributed by atoms with Crippen LogP contribution in [0.15, 0.2) is 0 Å². The molecule has 1 heterocycles. The highest BCUT2D eigenvalue weighted by Gasteiger charge is 2.25. The summed E-state index contributed by atoms with van der Waals surface area (Å²) < 4.78 is 0. The van der Waals surface area contributed by atoms with Crippen molar-refractivity contribution in [3.8, 4) is 0 Å². The summed E-state index contributed by atoms with van der Waals surface area (Å²) in [6.07, 6.45) is 6.49. The van der Waals surface area contributed by atoms with Gasteiger partial charge < -0.3 is 10.2 Å². The second kappa shape index (κ2) is 7.20. The summed E-state index contributed by atoms with van der Waals surface area (Å²) >= 11 is 0. The van der Waals surface area contributed by atoms with E-state index in [9.17, 15) is 10.2 Å². The minimum Gasteiger partial charge on any atom is -0.395 e. The van der Waals surface area contributed by atoms with Gasteiger partial charge in [0.25, 0.3) is 0 Å². The predicted octanol–water partition coefficient (Wildman–Crippen LogP) is 1.38. The Kier molecular flexibility index (Phi) is 6.22. The van der Waals surface area contributed by atoms with Crippen molar-refractivity contribution in [2.45, 2.75) is 57.6 Å². The van der Waals surface area contributed by atoms with Crippen LogP contribution in [0.5, 0.6) is 0 Å². The number of piperidine rings is 1. The minimum atomic E-state index is -0.200. The third kappa shape index (κ3) is 4.49. The molecule has 0 aromatic carbocycles. The van der Waals surface area contributed by atoms with Gasteiger partial charge in [0.15, 0.2) is 0 Å². The van der Waals surface area contributed by atoms with Gasteiger partial charge in [-0.3, -0.25) is 4.90 Å². The number of rotatable bonds is 6. The molecule has 0 aliphatic carbocycles. The average molecular weight is 215 g/mol. The second-order valence-corrected chi connectivity index (χ2v) is 4.61. The normalized spacial score (nSPS) is 28.2. The van der Waals surface area contributed by atoms with Gasteiger partial charge in [-0.1, -0.05) is 26.2 Å². The van der Waals surface area contributed by atoms with Crippen LogP contribution in [0.4, 0.5) is 0 Å². The summed E-state index contributed by atoms with van der Waals surface area (Å²) in [5.74, 6) is 0. The van der Waals surface area contributed by atoms with Gasteiger partial charge in [-0.15, -0.1) is 0 Å². The van der Waals surface area contributed by atoms with E-state index in [4.69, 9.17) is 0 Å². The molecule has 0 bridgehead atoms. The number of unbranched alkanes of at least 4 members (excludes halogenated alkanes) is 3. The Morgan fingerprint density at radius 2 is 2.07 bits per heavy atom. The molecule has 2 N–H and O–H groups in total. The van der Waals surface area contributed by atoms with Crippen molar-refractivity contribution in [3.63, 3.8) is 0 Å². The second-order valence-electron chi connectivity index (χ2n) is 4.61. The van der Waals surface area contributed by atoms with Crippen LogP contribution in [0.1, 0.15) is 45.4 Å². The summed E-state index contributed by atoms with van der Waals surface area (Å²) in [6, 6.07) is 0.190. The van der Waals surface area contributed by atoms with Gasteiger partial charge in [-0.2, -0.15) is 0 Å². The molecule has 0 amide bonds. The van der Waals surface area contributed by atoms with E-state index in [1.807, 2.05) is 0 Å². The highest BCUT2D eigenvalue weighted by Crippen LogP contribution is 2.18. The smallest absolute Gasteiger partial charge is 0.0587 e. The van der Waals surface area contributed by atoms with Crippen molar-refractivity contribution in [3.05, 3.63) is 0 Å². The molecule has 0 saturated carbocycles. The van der Waals surface area contributed by atoms with E-state index in [1.54, 1.807) is 0 Å². The number of hydrogen-bond donors (Lipinski definition) is 2. The molecule has 0 aromatic rings. The molecule has 1 aliphatic rings. The van der Waals surface area contributed by atoms with E-state index in [2.05, 4.69) is 11.8 Å². The molecule has 2 unspecified atom stereocenters. The SMILES string of the molecule is CCCCCCN1CCC(O)CC1CO. The predicted molar refractivity (Wildman–Crippen MR) is 61.8 cm³/mol. The average Bonchev–Trinajstić information content (AvgIpc) is 2.26. The molecule has 1 fully saturated rings. The molecule has 2 atom stereocenters. The first-order chi connectivity index (χ1) is 7.27. The van der Waals surface area contributed by atoms with Gasteiger partial charge in [0.1, 0.15) is 0 Å². The molecule has 15 heavy (non-hydrogen) atoms. The van der Waals surface area contributed by atoms with Gasteiger partial charge in [-0.25, -0.2) is 0 Å². The topological polar surface area (TPSA) is 43.7 Å². The van der Waals surface area contributed by atoms with E-state index in [0.29, 0.717) is 0 Å². The van der Waals surface area contributed by atoms with Crippen LogP contribution in [0.3, 0.4) is 0 Å². The number of likely N-dealkylation sites (tertiary alicyclic amines) is 1. The Bertz CT molecular complexity index is 164. The van der Waals surface area contributed by atoms with Crippen molar-refractivity contribution in [1.82, 2.24) is 4.90 Å². The molecule has 90 valence electrons. The Morgan fingerprint density at radius 1 is 1.27 bits per heavy atom. The molecule has 3 heteroatoms. The standard InChI is InChI=1S/C12H25NO2/c1-2-3-4-5-7-13-8-6-12(15)9-11(13)10-14/h11-12,14-15H,2-10H2,1H3. The van der Waals surface area contributed by atoms with Gasteiger partial charge in [0, 0.05) is 12.6 Å². The lowest BCUT2D eigenvalue weighted by Crippen LogP contribution is -2.46. The van der Waals surface area contributed by atoms with Crippen molar-refractivity contribution in [1.29, 1.82) is 0 Å². The first-order valence-electron chi connectivity index (χ1n) is 6.31. The lowest BCUT2D eigenvalue weighted by atomic mass is 9.99. The van der Waals surface area contributed by atoms with Crippen LogP contribution in [0.2, 0.25) is 0 Å². The van der Waals surface area contributed by atoms with Crippen molar-refractivity contribution >= 4 is 0 Å². The monoisotopic (exact) mass is 215 g/mol. The van der Waals surface area contributed by atoms with E-state index in [1.165, 1.54) is 25.7 Å². The quantitative estimate of drug-likeness (QED) is 0.658. The Labute approximate surface area is 93.1 Å². The molecule has 3 nitrogen and oxygen atoms in total. The molecule has 0 spiro atoms. The van der Waals surface area contributed by atoms with E-state index < -0.39 is 0 Å². The number of aliphatic hydroxyl groups is 2. The van der Waals surface area contributed by atoms with Crippen LogP contribution in [-0.4, -0.2) is 47.0 Å². The molecular formula is C12H25NO2. The van der Waals surface area contributed by atoms with Gasteiger partial charge >= 0.3 is 0 Å². The summed E-state index contributed by atoms with van der Waals surface area (Å²) in [7, 11) is 0.